The van der Waals surface area contributed by atoms with Crippen LogP contribution in [0.1, 0.15) is 11.1 Å². The second-order valence-electron chi connectivity index (χ2n) is 3.64. The van der Waals surface area contributed by atoms with Gasteiger partial charge in [0.15, 0.2) is 0 Å². The van der Waals surface area contributed by atoms with E-state index in [0.717, 1.165) is 5.56 Å². The van der Waals surface area contributed by atoms with E-state index in [-0.39, 0.29) is 6.03 Å². The molecule has 1 aromatic carbocycles. The van der Waals surface area contributed by atoms with E-state index in [1.54, 1.807) is 13.3 Å². The van der Waals surface area contributed by atoms with Crippen molar-refractivity contribution in [2.45, 2.75) is 6.92 Å². The summed E-state index contributed by atoms with van der Waals surface area (Å²) in [6, 6.07) is 7.81. The van der Waals surface area contributed by atoms with Gasteiger partial charge >= 0.3 is 6.03 Å². The zero-order chi connectivity index (χ0) is 12.5. The molecule has 0 atom stereocenters. The van der Waals surface area contributed by atoms with Crippen molar-refractivity contribution in [3.63, 3.8) is 0 Å². The Kier molecular flexibility index (Phi) is 5.82. The molecular weight excluding hydrogens is 216 g/mol. The minimum atomic E-state index is -0.231. The Labute approximate surface area is 102 Å². The first kappa shape index (κ1) is 13.3. The van der Waals surface area contributed by atoms with Crippen LogP contribution in [0.15, 0.2) is 30.5 Å². The third kappa shape index (κ3) is 5.73. The highest BCUT2D eigenvalue weighted by atomic mass is 16.5. The van der Waals surface area contributed by atoms with Gasteiger partial charge in [-0.1, -0.05) is 29.8 Å². The topological polar surface area (TPSA) is 50.4 Å². The Balaban J connectivity index is 2.29. The molecule has 1 rings (SSSR count). The maximum atomic E-state index is 11.2. The van der Waals surface area contributed by atoms with Crippen molar-refractivity contribution >= 4 is 12.1 Å². The monoisotopic (exact) mass is 234 g/mol. The van der Waals surface area contributed by atoms with Crippen molar-refractivity contribution in [1.82, 2.24) is 10.6 Å². The number of amides is 2. The third-order valence-electron chi connectivity index (χ3n) is 2.16. The van der Waals surface area contributed by atoms with Crippen LogP contribution in [0.4, 0.5) is 4.79 Å². The average Bonchev–Trinajstić information content (AvgIpc) is 2.32. The Bertz CT molecular complexity index is 372. The third-order valence-corrected chi connectivity index (χ3v) is 2.16. The van der Waals surface area contributed by atoms with Crippen LogP contribution in [-0.2, 0) is 4.74 Å². The van der Waals surface area contributed by atoms with Crippen LogP contribution in [0.2, 0.25) is 0 Å². The van der Waals surface area contributed by atoms with Gasteiger partial charge in [0.25, 0.3) is 0 Å². The van der Waals surface area contributed by atoms with Gasteiger partial charge in [-0.2, -0.15) is 0 Å². The second-order valence-corrected chi connectivity index (χ2v) is 3.64. The fourth-order valence-corrected chi connectivity index (χ4v) is 1.21. The van der Waals surface area contributed by atoms with E-state index < -0.39 is 0 Å². The Hall–Kier alpha value is -1.81. The molecule has 4 heteroatoms. The van der Waals surface area contributed by atoms with E-state index in [2.05, 4.69) is 10.6 Å². The molecule has 0 heterocycles. The zero-order valence-electron chi connectivity index (χ0n) is 10.2. The highest BCUT2D eigenvalue weighted by molar-refractivity contribution is 5.75. The van der Waals surface area contributed by atoms with E-state index in [0.29, 0.717) is 13.2 Å². The minimum absolute atomic E-state index is 0.231. The van der Waals surface area contributed by atoms with Gasteiger partial charge in [-0.3, -0.25) is 0 Å². The summed E-state index contributed by atoms with van der Waals surface area (Å²) >= 11 is 0. The second kappa shape index (κ2) is 7.46. The molecule has 2 amide bonds. The number of aryl methyl sites for hydroxylation is 1. The largest absolute Gasteiger partial charge is 0.383 e. The van der Waals surface area contributed by atoms with Crippen LogP contribution in [-0.4, -0.2) is 26.3 Å². The van der Waals surface area contributed by atoms with Crippen molar-refractivity contribution in [3.8, 4) is 0 Å². The lowest BCUT2D eigenvalue weighted by Gasteiger charge is -2.03. The number of methoxy groups -OCH3 is 1. The molecule has 4 nitrogen and oxygen atoms in total. The lowest BCUT2D eigenvalue weighted by molar-refractivity contribution is 0.196. The molecule has 0 aliphatic carbocycles. The van der Waals surface area contributed by atoms with Crippen molar-refractivity contribution in [2.75, 3.05) is 20.3 Å². The van der Waals surface area contributed by atoms with Crippen molar-refractivity contribution in [2.24, 2.45) is 0 Å². The number of benzene rings is 1. The molecule has 1 aromatic rings. The molecule has 17 heavy (non-hydrogen) atoms. The molecule has 0 saturated carbocycles. The van der Waals surface area contributed by atoms with Crippen molar-refractivity contribution in [3.05, 3.63) is 41.6 Å². The van der Waals surface area contributed by atoms with Crippen LogP contribution in [0.5, 0.6) is 0 Å². The van der Waals surface area contributed by atoms with Gasteiger partial charge in [-0.15, -0.1) is 0 Å². The number of rotatable bonds is 5. The number of hydrogen-bond donors (Lipinski definition) is 2. The van der Waals surface area contributed by atoms with E-state index in [1.165, 1.54) is 5.56 Å². The highest BCUT2D eigenvalue weighted by Gasteiger charge is 1.94. The summed E-state index contributed by atoms with van der Waals surface area (Å²) in [6.07, 6.45) is 3.46. The first-order chi connectivity index (χ1) is 8.22. The maximum Gasteiger partial charge on any atom is 0.318 e. The molecule has 0 fully saturated rings. The van der Waals surface area contributed by atoms with E-state index in [9.17, 15) is 4.79 Å². The lowest BCUT2D eigenvalue weighted by atomic mass is 10.1. The summed E-state index contributed by atoms with van der Waals surface area (Å²) in [5.41, 5.74) is 2.26. The highest BCUT2D eigenvalue weighted by Crippen LogP contribution is 2.03. The maximum absolute atomic E-state index is 11.2. The van der Waals surface area contributed by atoms with Gasteiger partial charge in [0.1, 0.15) is 0 Å². The number of ether oxygens (including phenoxy) is 1. The normalized spacial score (nSPS) is 10.5. The molecule has 0 bridgehead atoms. The Morgan fingerprint density at radius 2 is 2.06 bits per heavy atom. The van der Waals surface area contributed by atoms with E-state index in [4.69, 9.17) is 4.74 Å². The SMILES string of the molecule is COCCNC(=O)N/C=C/c1ccc(C)cc1. The first-order valence-corrected chi connectivity index (χ1v) is 5.49. The predicted molar refractivity (Wildman–Crippen MR) is 68.6 cm³/mol. The number of nitrogens with one attached hydrogen (secondary N) is 2. The van der Waals surface area contributed by atoms with Crippen LogP contribution in [0.25, 0.3) is 6.08 Å². The minimum Gasteiger partial charge on any atom is -0.383 e. The number of carbonyl (C=O) groups excluding carboxylic acids is 1. The Morgan fingerprint density at radius 1 is 1.35 bits per heavy atom. The molecule has 0 spiro atoms. The molecule has 92 valence electrons. The summed E-state index contributed by atoms with van der Waals surface area (Å²) < 4.78 is 4.82. The van der Waals surface area contributed by atoms with Crippen molar-refractivity contribution < 1.29 is 9.53 Å². The molecule has 0 radical (unpaired) electrons. The molecule has 0 aromatic heterocycles. The standard InChI is InChI=1S/C13H18N2O2/c1-11-3-5-12(6-4-11)7-8-14-13(16)15-9-10-17-2/h3-8H,9-10H2,1-2H3,(H2,14,15,16)/b8-7+. The molecule has 0 aliphatic heterocycles. The van der Waals surface area contributed by atoms with Gasteiger partial charge in [-0.25, -0.2) is 4.79 Å². The number of hydrogen-bond acceptors (Lipinski definition) is 2. The van der Waals surface area contributed by atoms with E-state index in [1.807, 2.05) is 37.3 Å². The molecule has 0 aliphatic rings. The summed E-state index contributed by atoms with van der Waals surface area (Å²) in [4.78, 5) is 11.2. The number of urea groups is 1. The Morgan fingerprint density at radius 3 is 2.71 bits per heavy atom. The van der Waals surface area contributed by atoms with E-state index >= 15 is 0 Å². The van der Waals surface area contributed by atoms with Gasteiger partial charge in [0, 0.05) is 19.9 Å². The summed E-state index contributed by atoms with van der Waals surface area (Å²) in [7, 11) is 1.59. The first-order valence-electron chi connectivity index (χ1n) is 5.49. The summed E-state index contributed by atoms with van der Waals surface area (Å²) in [5, 5.41) is 5.27. The molecule has 2 N–H and O–H groups in total. The average molecular weight is 234 g/mol. The number of carbonyl (C=O) groups is 1. The predicted octanol–water partition coefficient (Wildman–Crippen LogP) is 1.91. The fourth-order valence-electron chi connectivity index (χ4n) is 1.21. The zero-order valence-corrected chi connectivity index (χ0v) is 10.2. The van der Waals surface area contributed by atoms with Crippen LogP contribution in [0.3, 0.4) is 0 Å². The molecule has 0 unspecified atom stereocenters. The quantitative estimate of drug-likeness (QED) is 0.765. The molecule has 0 saturated heterocycles. The van der Waals surface area contributed by atoms with Crippen LogP contribution < -0.4 is 10.6 Å². The van der Waals surface area contributed by atoms with Gasteiger partial charge in [-0.05, 0) is 18.6 Å². The fraction of sp³-hybridized carbons (Fsp3) is 0.308. The van der Waals surface area contributed by atoms with Crippen LogP contribution in [0, 0.1) is 6.92 Å². The smallest absolute Gasteiger partial charge is 0.318 e. The van der Waals surface area contributed by atoms with Gasteiger partial charge in [0.05, 0.1) is 6.61 Å². The molecular formula is C13H18N2O2. The van der Waals surface area contributed by atoms with Crippen molar-refractivity contribution in [1.29, 1.82) is 0 Å². The van der Waals surface area contributed by atoms with Gasteiger partial charge < -0.3 is 15.4 Å². The summed E-state index contributed by atoms with van der Waals surface area (Å²) in [5.74, 6) is 0. The summed E-state index contributed by atoms with van der Waals surface area (Å²) in [6.45, 7) is 3.05. The van der Waals surface area contributed by atoms with Crippen LogP contribution >= 0.6 is 0 Å². The van der Waals surface area contributed by atoms with Gasteiger partial charge in [0.2, 0.25) is 0 Å². The lowest BCUT2D eigenvalue weighted by Crippen LogP contribution is -2.34.